The van der Waals surface area contributed by atoms with Crippen molar-refractivity contribution in [3.63, 3.8) is 0 Å². The van der Waals surface area contributed by atoms with Crippen LogP contribution in [0.1, 0.15) is 52.0 Å². The third-order valence-corrected chi connectivity index (χ3v) is 5.60. The fraction of sp³-hybridized carbons (Fsp3) is 0.739. The summed E-state index contributed by atoms with van der Waals surface area (Å²) in [6.07, 6.45) is 5.28. The van der Waals surface area contributed by atoms with Gasteiger partial charge in [-0.2, -0.15) is 0 Å². The molecule has 154 valence electrons. The van der Waals surface area contributed by atoms with E-state index in [-0.39, 0.29) is 0 Å². The van der Waals surface area contributed by atoms with E-state index in [1.165, 1.54) is 36.9 Å². The Bertz CT molecular complexity index is 489. The molecule has 27 heavy (non-hydrogen) atoms. The maximum absolute atomic E-state index is 5.98. The fourth-order valence-corrected chi connectivity index (χ4v) is 3.76. The molecule has 0 spiro atoms. The number of likely N-dealkylation sites (N-methyl/N-ethyl adjacent to an activating group) is 1. The molecule has 0 unspecified atom stereocenters. The van der Waals surface area contributed by atoms with Crippen LogP contribution >= 0.6 is 0 Å². The summed E-state index contributed by atoms with van der Waals surface area (Å²) in [7, 11) is 2.21. The lowest BCUT2D eigenvalue weighted by Crippen LogP contribution is -2.44. The quantitative estimate of drug-likeness (QED) is 0.663. The highest BCUT2D eigenvalue weighted by molar-refractivity contribution is 5.48. The molecular formula is C23H41N3O. The van der Waals surface area contributed by atoms with Crippen LogP contribution in [0.25, 0.3) is 0 Å². The zero-order valence-corrected chi connectivity index (χ0v) is 18.1. The van der Waals surface area contributed by atoms with Crippen molar-refractivity contribution in [2.75, 3.05) is 57.8 Å². The Kier molecular flexibility index (Phi) is 10.2. The van der Waals surface area contributed by atoms with Crippen LogP contribution in [0.2, 0.25) is 0 Å². The van der Waals surface area contributed by atoms with Crippen molar-refractivity contribution >= 4 is 5.69 Å². The molecule has 0 aromatic heterocycles. The minimum Gasteiger partial charge on any atom is -0.378 e. The predicted octanol–water partition coefficient (Wildman–Crippen LogP) is 4.25. The first kappa shape index (κ1) is 22.2. The Labute approximate surface area is 167 Å². The second kappa shape index (κ2) is 12.4. The van der Waals surface area contributed by atoms with Crippen molar-refractivity contribution in [3.05, 3.63) is 29.8 Å². The van der Waals surface area contributed by atoms with Gasteiger partial charge in [-0.3, -0.25) is 4.90 Å². The largest absolute Gasteiger partial charge is 0.378 e. The van der Waals surface area contributed by atoms with E-state index < -0.39 is 0 Å². The Morgan fingerprint density at radius 2 is 1.56 bits per heavy atom. The van der Waals surface area contributed by atoms with Crippen LogP contribution in [0.5, 0.6) is 0 Å². The SMILES string of the molecule is CC.CCCCOC1CCN(Cc2ccc(N3CCN(C)CC3)cc2)CC1. The number of hydrogen-bond acceptors (Lipinski definition) is 4. The lowest BCUT2D eigenvalue weighted by Gasteiger charge is -2.34. The average Bonchev–Trinajstić information content (AvgIpc) is 2.72. The van der Waals surface area contributed by atoms with E-state index in [1.807, 2.05) is 13.8 Å². The molecule has 2 saturated heterocycles. The minimum atomic E-state index is 0.488. The van der Waals surface area contributed by atoms with Crippen molar-refractivity contribution in [2.45, 2.75) is 59.1 Å². The molecular weight excluding hydrogens is 334 g/mol. The summed E-state index contributed by atoms with van der Waals surface area (Å²) in [6.45, 7) is 15.2. The summed E-state index contributed by atoms with van der Waals surface area (Å²) in [5.41, 5.74) is 2.81. The van der Waals surface area contributed by atoms with Gasteiger partial charge in [-0.25, -0.2) is 0 Å². The molecule has 4 heteroatoms. The van der Waals surface area contributed by atoms with Crippen molar-refractivity contribution in [3.8, 4) is 0 Å². The monoisotopic (exact) mass is 375 g/mol. The topological polar surface area (TPSA) is 19.0 Å². The van der Waals surface area contributed by atoms with Crippen LogP contribution in [0.15, 0.2) is 24.3 Å². The lowest BCUT2D eigenvalue weighted by atomic mass is 10.1. The van der Waals surface area contributed by atoms with Gasteiger partial charge in [0.25, 0.3) is 0 Å². The number of likely N-dealkylation sites (tertiary alicyclic amines) is 1. The number of piperazine rings is 1. The maximum atomic E-state index is 5.98. The van der Waals surface area contributed by atoms with E-state index in [0.717, 1.165) is 52.4 Å². The molecule has 2 aliphatic heterocycles. The Hall–Kier alpha value is -1.10. The molecule has 1 aromatic carbocycles. The number of unbranched alkanes of at least 4 members (excludes halogenated alkanes) is 1. The predicted molar refractivity (Wildman–Crippen MR) is 117 cm³/mol. The standard InChI is InChI=1S/C21H35N3O.C2H6/c1-3-4-17-25-21-9-11-23(12-10-21)18-19-5-7-20(8-6-19)24-15-13-22(2)14-16-24;1-2/h5-8,21H,3-4,9-18H2,1-2H3;1-2H3. The summed E-state index contributed by atoms with van der Waals surface area (Å²) < 4.78 is 5.98. The average molecular weight is 376 g/mol. The second-order valence-electron chi connectivity index (χ2n) is 7.66. The number of piperidine rings is 1. The molecule has 0 saturated carbocycles. The summed E-state index contributed by atoms with van der Waals surface area (Å²) >= 11 is 0. The van der Waals surface area contributed by atoms with E-state index in [4.69, 9.17) is 4.74 Å². The van der Waals surface area contributed by atoms with E-state index in [1.54, 1.807) is 0 Å². The molecule has 4 nitrogen and oxygen atoms in total. The van der Waals surface area contributed by atoms with Gasteiger partial charge < -0.3 is 14.5 Å². The number of anilines is 1. The van der Waals surface area contributed by atoms with Gasteiger partial charge in [-0.15, -0.1) is 0 Å². The minimum absolute atomic E-state index is 0.488. The normalized spacial score (nSPS) is 19.6. The summed E-state index contributed by atoms with van der Waals surface area (Å²) in [6, 6.07) is 9.25. The van der Waals surface area contributed by atoms with Crippen LogP contribution in [0.3, 0.4) is 0 Å². The summed E-state index contributed by atoms with van der Waals surface area (Å²) in [5, 5.41) is 0. The van der Waals surface area contributed by atoms with Crippen molar-refractivity contribution in [1.29, 1.82) is 0 Å². The van der Waals surface area contributed by atoms with Gasteiger partial charge in [-0.1, -0.05) is 39.3 Å². The molecule has 0 amide bonds. The second-order valence-corrected chi connectivity index (χ2v) is 7.66. The maximum Gasteiger partial charge on any atom is 0.0599 e. The highest BCUT2D eigenvalue weighted by Gasteiger charge is 2.20. The van der Waals surface area contributed by atoms with Crippen molar-refractivity contribution in [2.24, 2.45) is 0 Å². The molecule has 0 radical (unpaired) electrons. The van der Waals surface area contributed by atoms with E-state index >= 15 is 0 Å². The van der Waals surface area contributed by atoms with Crippen LogP contribution in [-0.4, -0.2) is 68.8 Å². The molecule has 2 heterocycles. The number of nitrogens with zero attached hydrogens (tertiary/aromatic N) is 3. The highest BCUT2D eigenvalue weighted by Crippen LogP contribution is 2.20. The molecule has 2 aliphatic rings. The van der Waals surface area contributed by atoms with Crippen molar-refractivity contribution in [1.82, 2.24) is 9.80 Å². The Balaban J connectivity index is 0.00000126. The molecule has 3 rings (SSSR count). The van der Waals surface area contributed by atoms with Crippen LogP contribution in [0, 0.1) is 0 Å². The zero-order chi connectivity index (χ0) is 19.5. The fourth-order valence-electron chi connectivity index (χ4n) is 3.76. The zero-order valence-electron chi connectivity index (χ0n) is 18.1. The van der Waals surface area contributed by atoms with Crippen LogP contribution in [-0.2, 0) is 11.3 Å². The first-order valence-corrected chi connectivity index (χ1v) is 11.1. The van der Waals surface area contributed by atoms with Gasteiger partial charge in [0.2, 0.25) is 0 Å². The van der Waals surface area contributed by atoms with Gasteiger partial charge >= 0.3 is 0 Å². The third kappa shape index (κ3) is 7.44. The molecule has 0 aliphatic carbocycles. The van der Waals surface area contributed by atoms with Crippen molar-refractivity contribution < 1.29 is 4.74 Å². The Morgan fingerprint density at radius 1 is 0.926 bits per heavy atom. The van der Waals surface area contributed by atoms with Gasteiger partial charge in [0.15, 0.2) is 0 Å². The lowest BCUT2D eigenvalue weighted by molar-refractivity contribution is 0.00476. The van der Waals surface area contributed by atoms with E-state index in [2.05, 4.69) is 52.9 Å². The first-order valence-electron chi connectivity index (χ1n) is 11.1. The van der Waals surface area contributed by atoms with Gasteiger partial charge in [0, 0.05) is 58.1 Å². The molecule has 1 aromatic rings. The molecule has 0 N–H and O–H groups in total. The number of rotatable bonds is 7. The first-order chi connectivity index (χ1) is 13.2. The summed E-state index contributed by atoms with van der Waals surface area (Å²) in [4.78, 5) is 7.48. The van der Waals surface area contributed by atoms with E-state index in [0.29, 0.717) is 6.10 Å². The highest BCUT2D eigenvalue weighted by atomic mass is 16.5. The van der Waals surface area contributed by atoms with Crippen LogP contribution < -0.4 is 4.90 Å². The smallest absolute Gasteiger partial charge is 0.0599 e. The number of benzene rings is 1. The molecule has 0 bridgehead atoms. The van der Waals surface area contributed by atoms with Gasteiger partial charge in [-0.05, 0) is 44.0 Å². The Morgan fingerprint density at radius 3 is 2.15 bits per heavy atom. The number of ether oxygens (including phenoxy) is 1. The van der Waals surface area contributed by atoms with Gasteiger partial charge in [0.1, 0.15) is 0 Å². The summed E-state index contributed by atoms with van der Waals surface area (Å²) in [5.74, 6) is 0. The van der Waals surface area contributed by atoms with Crippen LogP contribution in [0.4, 0.5) is 5.69 Å². The molecule has 2 fully saturated rings. The molecule has 0 atom stereocenters. The third-order valence-electron chi connectivity index (χ3n) is 5.60. The van der Waals surface area contributed by atoms with Gasteiger partial charge in [0.05, 0.1) is 6.10 Å². The number of hydrogen-bond donors (Lipinski definition) is 0. The van der Waals surface area contributed by atoms with E-state index in [9.17, 15) is 0 Å².